The van der Waals surface area contributed by atoms with Crippen molar-refractivity contribution in [3.05, 3.63) is 53.2 Å². The summed E-state index contributed by atoms with van der Waals surface area (Å²) >= 11 is 0. The molecule has 11 nitrogen and oxygen atoms in total. The molecule has 5 aliphatic heterocycles. The number of halogens is 2. The summed E-state index contributed by atoms with van der Waals surface area (Å²) in [7, 11) is 0. The van der Waals surface area contributed by atoms with Crippen LogP contribution in [0.25, 0.3) is 22.0 Å². The molecule has 6 aliphatic rings. The summed E-state index contributed by atoms with van der Waals surface area (Å²) in [6.07, 6.45) is 13.6. The Hall–Kier alpha value is -3.90. The Morgan fingerprint density at radius 2 is 2.00 bits per heavy atom. The maximum absolute atomic E-state index is 17.1. The lowest BCUT2D eigenvalue weighted by molar-refractivity contribution is -0.161. The van der Waals surface area contributed by atoms with Gasteiger partial charge < -0.3 is 39.4 Å². The molecule has 3 N–H and O–H groups in total. The molecule has 53 heavy (non-hydrogen) atoms. The molecule has 0 amide bonds. The van der Waals surface area contributed by atoms with Gasteiger partial charge in [0.2, 0.25) is 6.35 Å². The molecule has 1 aromatic heterocycles. The van der Waals surface area contributed by atoms with Gasteiger partial charge in [0.15, 0.2) is 12.1 Å². The average molecular weight is 730 g/mol. The summed E-state index contributed by atoms with van der Waals surface area (Å²) in [4.78, 5) is 14.0. The topological polar surface area (TPSA) is 121 Å². The van der Waals surface area contributed by atoms with Crippen LogP contribution in [0.4, 0.5) is 14.5 Å². The monoisotopic (exact) mass is 729 g/mol. The molecular weight excluding hydrogens is 684 g/mol. The van der Waals surface area contributed by atoms with E-state index in [0.29, 0.717) is 49.2 Å². The van der Waals surface area contributed by atoms with E-state index in [-0.39, 0.29) is 70.6 Å². The third-order valence-electron chi connectivity index (χ3n) is 12.1. The van der Waals surface area contributed by atoms with E-state index in [0.717, 1.165) is 51.5 Å². The summed E-state index contributed by atoms with van der Waals surface area (Å²) in [6, 6.07) is 6.04. The minimum atomic E-state index is -1.18. The van der Waals surface area contributed by atoms with E-state index >= 15 is 4.39 Å². The van der Waals surface area contributed by atoms with E-state index in [1.54, 1.807) is 6.92 Å². The summed E-state index contributed by atoms with van der Waals surface area (Å²) in [5.74, 6) is 1.31. The number of anilines is 1. The van der Waals surface area contributed by atoms with Crippen molar-refractivity contribution in [1.29, 1.82) is 0 Å². The maximum atomic E-state index is 17.1. The predicted molar refractivity (Wildman–Crippen MR) is 193 cm³/mol. The zero-order chi connectivity index (χ0) is 36.5. The minimum Gasteiger partial charge on any atom is -0.508 e. The van der Waals surface area contributed by atoms with Crippen molar-refractivity contribution >= 4 is 22.3 Å². The highest BCUT2D eigenvalue weighted by Gasteiger charge is 2.53. The lowest BCUT2D eigenvalue weighted by atomic mass is 9.74. The number of rotatable bonds is 5. The lowest BCUT2D eigenvalue weighted by Crippen LogP contribution is -2.59. The fourth-order valence-corrected chi connectivity index (χ4v) is 9.81. The second-order valence-corrected chi connectivity index (χ2v) is 15.8. The Bertz CT molecular complexity index is 2000. The molecular formula is C40H45F2N5O6. The molecule has 13 heteroatoms. The molecule has 3 unspecified atom stereocenters. The third-order valence-corrected chi connectivity index (χ3v) is 12.1. The third kappa shape index (κ3) is 6.13. The zero-order valence-electron chi connectivity index (χ0n) is 29.8. The number of terminal acetylenes is 1. The first kappa shape index (κ1) is 34.8. The number of aliphatic hydroxyl groups is 1. The Morgan fingerprint density at radius 3 is 2.87 bits per heavy atom. The van der Waals surface area contributed by atoms with E-state index in [1.165, 1.54) is 30.5 Å². The van der Waals surface area contributed by atoms with Crippen molar-refractivity contribution in [2.75, 3.05) is 51.4 Å². The molecule has 5 fully saturated rings. The van der Waals surface area contributed by atoms with E-state index in [2.05, 4.69) is 21.1 Å². The van der Waals surface area contributed by atoms with Gasteiger partial charge in [-0.05, 0) is 75.6 Å². The number of phenols is 1. The predicted octanol–water partition coefficient (Wildman–Crippen LogP) is 4.96. The number of ether oxygens (including phenoxy) is 4. The van der Waals surface area contributed by atoms with E-state index < -0.39 is 23.6 Å². The highest BCUT2D eigenvalue weighted by atomic mass is 19.1. The van der Waals surface area contributed by atoms with Crippen LogP contribution in [-0.2, 0) is 18.9 Å². The van der Waals surface area contributed by atoms with Crippen LogP contribution < -0.4 is 5.32 Å². The van der Waals surface area contributed by atoms with Gasteiger partial charge in [-0.15, -0.1) is 6.42 Å². The van der Waals surface area contributed by atoms with Gasteiger partial charge in [-0.25, -0.2) is 13.8 Å². The van der Waals surface area contributed by atoms with Crippen LogP contribution in [0.3, 0.4) is 0 Å². The van der Waals surface area contributed by atoms with Gasteiger partial charge >= 0.3 is 0 Å². The molecule has 280 valence electrons. The highest BCUT2D eigenvalue weighted by molar-refractivity contribution is 6.06. The molecule has 3 aromatic rings. The number of nitrogens with zero attached hydrogens (tertiary/aromatic N) is 4. The van der Waals surface area contributed by atoms with Crippen molar-refractivity contribution in [2.24, 2.45) is 10.4 Å². The smallest absolute Gasteiger partial charge is 0.227 e. The number of nitrogens with one attached hydrogen (secondary N) is 1. The molecule has 7 atom stereocenters. The standard InChI is InChI=1S/C40H45F2N5O6/c1-3-26-29(41)9-7-23-16-24(48)17-27(32(23)26)34-33(42)35-28(18-43-34)36(46-14-15-50-21-39(2,49)20-46)45-38(44-35)52-22-40-11-4-6-31(40)47(13-5-12-40)30-10-8-25-19-51-37(30)53-25/h1,7,9,16-18,25,30-31,37-38,44,48-49H,4-6,8,10-15,19-22H2,2H3/t25-,30?,31?,37+,38?,39-,40+/m0/s1. The van der Waals surface area contributed by atoms with Crippen LogP contribution in [0.1, 0.15) is 63.0 Å². The van der Waals surface area contributed by atoms with E-state index in [1.807, 2.05) is 4.90 Å². The normalized spacial score (nSPS) is 32.8. The van der Waals surface area contributed by atoms with Gasteiger partial charge in [0.05, 0.1) is 61.9 Å². The first-order chi connectivity index (χ1) is 25.6. The number of phenolic OH excluding ortho intramolecular Hbond substituents is 1. The van der Waals surface area contributed by atoms with Crippen molar-refractivity contribution in [2.45, 2.75) is 88.3 Å². The number of piperidine rings is 1. The fourth-order valence-electron chi connectivity index (χ4n) is 9.81. The lowest BCUT2D eigenvalue weighted by Gasteiger charge is -2.51. The Balaban J connectivity index is 1.07. The van der Waals surface area contributed by atoms with Gasteiger partial charge in [0, 0.05) is 35.1 Å². The number of hydrogen-bond acceptors (Lipinski definition) is 11. The number of benzene rings is 2. The van der Waals surface area contributed by atoms with Crippen molar-refractivity contribution in [3.63, 3.8) is 0 Å². The first-order valence-electron chi connectivity index (χ1n) is 18.8. The number of amidine groups is 1. The molecule has 6 heterocycles. The second kappa shape index (κ2) is 13.4. The molecule has 0 spiro atoms. The van der Waals surface area contributed by atoms with Gasteiger partial charge in [0.1, 0.15) is 28.7 Å². The number of aromatic nitrogens is 1. The average Bonchev–Trinajstić information content (AvgIpc) is 3.70. The highest BCUT2D eigenvalue weighted by Crippen LogP contribution is 2.50. The Labute approximate surface area is 307 Å². The van der Waals surface area contributed by atoms with Gasteiger partial charge in [-0.3, -0.25) is 9.88 Å². The number of aromatic hydroxyl groups is 1. The number of β-amino-alcohol motifs (C(OH)–C–C–N with tert-alkyl or cyclic N) is 1. The molecule has 1 aliphatic carbocycles. The van der Waals surface area contributed by atoms with Crippen LogP contribution in [0.15, 0.2) is 35.5 Å². The first-order valence-corrected chi connectivity index (χ1v) is 18.8. The fraction of sp³-hybridized carbons (Fsp3) is 0.550. The SMILES string of the molecule is C#Cc1c(F)ccc2cc(O)cc(-c3ncc4c(c3F)NC(OC[C@]35CCCC3N(C3CC[C@H]6CO[C@@H]3O6)CCC5)N=C4N3CCOC[C@@](C)(O)C3)c12. The Morgan fingerprint density at radius 1 is 1.13 bits per heavy atom. The molecule has 2 aromatic carbocycles. The number of likely N-dealkylation sites (tertiary alicyclic amines) is 1. The number of pyridine rings is 1. The van der Waals surface area contributed by atoms with E-state index in [9.17, 15) is 14.6 Å². The second-order valence-electron chi connectivity index (χ2n) is 15.8. The number of hydrogen-bond donors (Lipinski definition) is 3. The zero-order valence-corrected chi connectivity index (χ0v) is 29.8. The minimum absolute atomic E-state index is 0.0503. The van der Waals surface area contributed by atoms with Crippen molar-refractivity contribution in [3.8, 4) is 29.4 Å². The summed E-state index contributed by atoms with van der Waals surface area (Å²) in [5.41, 5.74) is -0.826. The van der Waals surface area contributed by atoms with Crippen LogP contribution >= 0.6 is 0 Å². The summed E-state index contributed by atoms with van der Waals surface area (Å²) in [6.45, 7) is 4.85. The summed E-state index contributed by atoms with van der Waals surface area (Å²) in [5, 5.41) is 25.7. The van der Waals surface area contributed by atoms with Gasteiger partial charge in [-0.2, -0.15) is 0 Å². The maximum Gasteiger partial charge on any atom is 0.227 e. The van der Waals surface area contributed by atoms with E-state index in [4.69, 9.17) is 30.4 Å². The summed E-state index contributed by atoms with van der Waals surface area (Å²) < 4.78 is 56.8. The molecule has 0 radical (unpaired) electrons. The largest absolute Gasteiger partial charge is 0.508 e. The Kier molecular flexibility index (Phi) is 8.84. The van der Waals surface area contributed by atoms with Crippen LogP contribution in [0, 0.1) is 29.4 Å². The van der Waals surface area contributed by atoms with Crippen LogP contribution in [-0.4, -0.2) is 113 Å². The quantitative estimate of drug-likeness (QED) is 0.311. The van der Waals surface area contributed by atoms with Gasteiger partial charge in [-0.1, -0.05) is 18.4 Å². The van der Waals surface area contributed by atoms with Crippen molar-refractivity contribution < 1.29 is 37.9 Å². The number of aliphatic imine (C=N–C) groups is 1. The van der Waals surface area contributed by atoms with Crippen molar-refractivity contribution in [1.82, 2.24) is 14.8 Å². The van der Waals surface area contributed by atoms with Crippen LogP contribution in [0.5, 0.6) is 5.75 Å². The number of fused-ring (bicyclic) bond motifs is 5. The molecule has 2 bridgehead atoms. The molecule has 1 saturated carbocycles. The van der Waals surface area contributed by atoms with Crippen LogP contribution in [0.2, 0.25) is 0 Å². The van der Waals surface area contributed by atoms with Gasteiger partial charge in [0.25, 0.3) is 0 Å². The molecule has 9 rings (SSSR count). The molecule has 4 saturated heterocycles.